The van der Waals surface area contributed by atoms with Crippen LogP contribution in [0.2, 0.25) is 0 Å². The third-order valence-electron chi connectivity index (χ3n) is 4.09. The molecular formula is C15H20N4O2S. The molecule has 2 aromatic heterocycles. The fraction of sp³-hybridized carbons (Fsp3) is 0.467. The first-order chi connectivity index (χ1) is 10.6. The van der Waals surface area contributed by atoms with Crippen LogP contribution in [0.3, 0.4) is 0 Å². The summed E-state index contributed by atoms with van der Waals surface area (Å²) in [5.41, 5.74) is 1.19. The van der Waals surface area contributed by atoms with Crippen LogP contribution in [-0.4, -0.2) is 39.8 Å². The lowest BCUT2D eigenvalue weighted by molar-refractivity contribution is 0.369. The molecule has 3 rings (SSSR count). The van der Waals surface area contributed by atoms with Crippen molar-refractivity contribution >= 4 is 10.0 Å². The molecule has 1 fully saturated rings. The maximum absolute atomic E-state index is 12.7. The van der Waals surface area contributed by atoms with Crippen molar-refractivity contribution in [1.29, 1.82) is 0 Å². The first-order valence-electron chi connectivity index (χ1n) is 7.46. The molecule has 118 valence electrons. The lowest BCUT2D eigenvalue weighted by atomic mass is 10.1. The minimum absolute atomic E-state index is 0.0557. The van der Waals surface area contributed by atoms with Crippen LogP contribution < -0.4 is 0 Å². The summed E-state index contributed by atoms with van der Waals surface area (Å²) < 4.78 is 28.7. The van der Waals surface area contributed by atoms with Crippen LogP contribution in [0.4, 0.5) is 0 Å². The highest BCUT2D eigenvalue weighted by molar-refractivity contribution is 7.89. The van der Waals surface area contributed by atoms with E-state index in [0.29, 0.717) is 6.54 Å². The number of nitrogens with zero attached hydrogens (tertiary/aromatic N) is 4. The summed E-state index contributed by atoms with van der Waals surface area (Å²) in [6.07, 6.45) is 10.1. The Hall–Kier alpha value is -1.73. The van der Waals surface area contributed by atoms with Crippen molar-refractivity contribution in [2.45, 2.75) is 36.8 Å². The van der Waals surface area contributed by atoms with Gasteiger partial charge in [0.15, 0.2) is 5.03 Å². The van der Waals surface area contributed by atoms with Crippen molar-refractivity contribution in [1.82, 2.24) is 18.8 Å². The van der Waals surface area contributed by atoms with Gasteiger partial charge in [0.25, 0.3) is 10.0 Å². The van der Waals surface area contributed by atoms with E-state index >= 15 is 0 Å². The summed E-state index contributed by atoms with van der Waals surface area (Å²) in [4.78, 5) is 8.01. The van der Waals surface area contributed by atoms with Gasteiger partial charge < -0.3 is 4.57 Å². The Morgan fingerprint density at radius 1 is 1.32 bits per heavy atom. The summed E-state index contributed by atoms with van der Waals surface area (Å²) in [6.45, 7) is 0.583. The molecule has 0 spiro atoms. The van der Waals surface area contributed by atoms with E-state index in [4.69, 9.17) is 0 Å². The van der Waals surface area contributed by atoms with Crippen LogP contribution in [0.5, 0.6) is 0 Å². The maximum Gasteiger partial charge on any atom is 0.262 e. The number of hydrogen-bond acceptors (Lipinski definition) is 4. The molecule has 7 heteroatoms. The molecule has 6 nitrogen and oxygen atoms in total. The molecule has 3 heterocycles. The number of hydrogen-bond donors (Lipinski definition) is 0. The van der Waals surface area contributed by atoms with Crippen molar-refractivity contribution < 1.29 is 8.42 Å². The average molecular weight is 320 g/mol. The van der Waals surface area contributed by atoms with E-state index < -0.39 is 10.0 Å². The summed E-state index contributed by atoms with van der Waals surface area (Å²) in [7, 11) is -1.71. The molecular weight excluding hydrogens is 300 g/mol. The first-order valence-corrected chi connectivity index (χ1v) is 8.90. The van der Waals surface area contributed by atoms with Crippen LogP contribution in [0.1, 0.15) is 24.8 Å². The van der Waals surface area contributed by atoms with Gasteiger partial charge in [0.1, 0.15) is 0 Å². The van der Waals surface area contributed by atoms with E-state index in [-0.39, 0.29) is 11.1 Å². The standard InChI is InChI=1S/C15H20N4O2S/c1-18-11-15(17-12-18)22(20,21)19-10-2-3-14(19)5-4-13-6-8-16-9-7-13/h6-9,11-12,14H,2-5,10H2,1H3/t14-/m1/s1. The predicted octanol–water partition coefficient (Wildman–Crippen LogP) is 1.60. The molecule has 0 aliphatic carbocycles. The summed E-state index contributed by atoms with van der Waals surface area (Å²) in [5.74, 6) is 0. The second kappa shape index (κ2) is 6.18. The minimum atomic E-state index is -3.48. The average Bonchev–Trinajstić information content (AvgIpc) is 3.15. The van der Waals surface area contributed by atoms with Gasteiger partial charge in [0, 0.05) is 38.2 Å². The lowest BCUT2D eigenvalue weighted by Gasteiger charge is -2.23. The smallest absolute Gasteiger partial charge is 0.262 e. The fourth-order valence-electron chi connectivity index (χ4n) is 2.94. The first kappa shape index (κ1) is 15.2. The molecule has 1 saturated heterocycles. The van der Waals surface area contributed by atoms with E-state index in [0.717, 1.165) is 25.7 Å². The van der Waals surface area contributed by atoms with Crippen LogP contribution in [0.15, 0.2) is 42.1 Å². The molecule has 0 saturated carbocycles. The van der Waals surface area contributed by atoms with Gasteiger partial charge in [0.2, 0.25) is 0 Å². The van der Waals surface area contributed by atoms with Crippen molar-refractivity contribution in [3.05, 3.63) is 42.6 Å². The lowest BCUT2D eigenvalue weighted by Crippen LogP contribution is -2.36. The van der Waals surface area contributed by atoms with Gasteiger partial charge in [-0.25, -0.2) is 13.4 Å². The van der Waals surface area contributed by atoms with Crippen molar-refractivity contribution in [3.63, 3.8) is 0 Å². The normalized spacial score (nSPS) is 19.6. The van der Waals surface area contributed by atoms with Gasteiger partial charge in [-0.15, -0.1) is 0 Å². The highest BCUT2D eigenvalue weighted by atomic mass is 32.2. The zero-order valence-electron chi connectivity index (χ0n) is 12.6. The largest absolute Gasteiger partial charge is 0.339 e. The molecule has 1 atom stereocenters. The number of sulfonamides is 1. The molecule has 1 aliphatic heterocycles. The molecule has 0 radical (unpaired) electrons. The molecule has 0 amide bonds. The SMILES string of the molecule is Cn1cnc(S(=O)(=O)N2CCC[C@@H]2CCc2ccncc2)c1. The molecule has 22 heavy (non-hydrogen) atoms. The zero-order valence-corrected chi connectivity index (χ0v) is 13.4. The zero-order chi connectivity index (χ0) is 15.6. The Balaban J connectivity index is 1.73. The quantitative estimate of drug-likeness (QED) is 0.839. The molecule has 1 aliphatic rings. The van der Waals surface area contributed by atoms with Crippen molar-refractivity contribution in [2.75, 3.05) is 6.54 Å². The number of rotatable bonds is 5. The Morgan fingerprint density at radius 2 is 2.09 bits per heavy atom. The highest BCUT2D eigenvalue weighted by Gasteiger charge is 2.36. The monoisotopic (exact) mass is 320 g/mol. The summed E-state index contributed by atoms with van der Waals surface area (Å²) >= 11 is 0. The second-order valence-corrected chi connectivity index (χ2v) is 7.52. The predicted molar refractivity (Wildman–Crippen MR) is 82.7 cm³/mol. The van der Waals surface area contributed by atoms with Gasteiger partial charge in [-0.2, -0.15) is 4.31 Å². The maximum atomic E-state index is 12.7. The second-order valence-electron chi connectivity index (χ2n) is 5.68. The van der Waals surface area contributed by atoms with E-state index in [1.165, 1.54) is 11.9 Å². The minimum Gasteiger partial charge on any atom is -0.339 e. The van der Waals surface area contributed by atoms with Crippen LogP contribution in [0.25, 0.3) is 0 Å². The summed E-state index contributed by atoms with van der Waals surface area (Å²) in [5, 5.41) is 0.144. The number of imidazole rings is 1. The Bertz CT molecular complexity index is 727. The molecule has 0 aromatic carbocycles. The van der Waals surface area contributed by atoms with Crippen molar-refractivity contribution in [3.8, 4) is 0 Å². The van der Waals surface area contributed by atoms with Gasteiger partial charge >= 0.3 is 0 Å². The highest BCUT2D eigenvalue weighted by Crippen LogP contribution is 2.27. The topological polar surface area (TPSA) is 68.1 Å². The van der Waals surface area contributed by atoms with Crippen LogP contribution in [-0.2, 0) is 23.5 Å². The fourth-order valence-corrected chi connectivity index (χ4v) is 4.63. The van der Waals surface area contributed by atoms with Gasteiger partial charge in [0.05, 0.1) is 6.33 Å². The van der Waals surface area contributed by atoms with Gasteiger partial charge in [-0.3, -0.25) is 4.98 Å². The summed E-state index contributed by atoms with van der Waals surface area (Å²) in [6, 6.07) is 4.01. The molecule has 2 aromatic rings. The Morgan fingerprint density at radius 3 is 2.77 bits per heavy atom. The third kappa shape index (κ3) is 3.05. The van der Waals surface area contributed by atoms with Crippen LogP contribution >= 0.6 is 0 Å². The Labute approximate surface area is 130 Å². The van der Waals surface area contributed by atoms with E-state index in [2.05, 4.69) is 9.97 Å². The van der Waals surface area contributed by atoms with E-state index in [9.17, 15) is 8.42 Å². The molecule has 0 N–H and O–H groups in total. The number of aromatic nitrogens is 3. The van der Waals surface area contributed by atoms with Crippen molar-refractivity contribution in [2.24, 2.45) is 7.05 Å². The van der Waals surface area contributed by atoms with E-state index in [1.807, 2.05) is 12.1 Å². The number of pyridine rings is 1. The molecule has 0 bridgehead atoms. The van der Waals surface area contributed by atoms with Gasteiger partial charge in [-0.05, 0) is 43.4 Å². The number of aryl methyl sites for hydroxylation is 2. The van der Waals surface area contributed by atoms with E-state index in [1.54, 1.807) is 34.5 Å². The third-order valence-corrected chi connectivity index (χ3v) is 5.93. The Kier molecular flexibility index (Phi) is 4.26. The van der Waals surface area contributed by atoms with Gasteiger partial charge in [-0.1, -0.05) is 0 Å². The molecule has 0 unspecified atom stereocenters. The van der Waals surface area contributed by atoms with Crippen LogP contribution in [0, 0.1) is 0 Å².